The fourth-order valence-corrected chi connectivity index (χ4v) is 6.24. The topological polar surface area (TPSA) is 69.7 Å². The lowest BCUT2D eigenvalue weighted by Gasteiger charge is -2.43. The van der Waals surface area contributed by atoms with Crippen LogP contribution in [0.5, 0.6) is 0 Å². The number of imide groups is 1. The van der Waals surface area contributed by atoms with E-state index in [2.05, 4.69) is 12.2 Å². The standard InChI is InChI=1S/C25H32ClN3O3S/c1-2-3-12-27-23(30)19-9-7-17(8-10-19)15-29-24(31)22-21(11-13-33-22)28(25(29)32)16-18-5-4-6-20(26)14-18/h4-6,11,13-14,17,19,21-22H,2-3,7-10,12,15-16H2,1H3,(H,27,30). The summed E-state index contributed by atoms with van der Waals surface area (Å²) in [6, 6.07) is 7.05. The fraction of sp³-hybridized carbons (Fsp3) is 0.560. The lowest BCUT2D eigenvalue weighted by atomic mass is 9.81. The molecule has 2 atom stereocenters. The summed E-state index contributed by atoms with van der Waals surface area (Å²) in [4.78, 5) is 42.3. The van der Waals surface area contributed by atoms with Gasteiger partial charge in [0.2, 0.25) is 11.8 Å². The maximum Gasteiger partial charge on any atom is 0.327 e. The van der Waals surface area contributed by atoms with Crippen LogP contribution < -0.4 is 5.32 Å². The number of rotatable bonds is 8. The van der Waals surface area contributed by atoms with Crippen LogP contribution in [0.2, 0.25) is 5.02 Å². The highest BCUT2D eigenvalue weighted by Gasteiger charge is 2.47. The minimum absolute atomic E-state index is 0.0455. The molecule has 0 bridgehead atoms. The van der Waals surface area contributed by atoms with Crippen molar-refractivity contribution in [3.8, 4) is 0 Å². The van der Waals surface area contributed by atoms with Gasteiger partial charge in [0.05, 0.1) is 6.04 Å². The van der Waals surface area contributed by atoms with Crippen LogP contribution in [0.1, 0.15) is 51.0 Å². The van der Waals surface area contributed by atoms with E-state index in [1.165, 1.54) is 16.7 Å². The molecule has 178 valence electrons. The van der Waals surface area contributed by atoms with Gasteiger partial charge in [-0.25, -0.2) is 4.79 Å². The van der Waals surface area contributed by atoms with E-state index in [4.69, 9.17) is 11.6 Å². The van der Waals surface area contributed by atoms with E-state index in [9.17, 15) is 14.4 Å². The van der Waals surface area contributed by atoms with Crippen LogP contribution in [0.4, 0.5) is 4.79 Å². The van der Waals surface area contributed by atoms with Gasteiger partial charge in [0.15, 0.2) is 0 Å². The van der Waals surface area contributed by atoms with Crippen LogP contribution >= 0.6 is 23.4 Å². The number of amides is 4. The van der Waals surface area contributed by atoms with Gasteiger partial charge in [-0.1, -0.05) is 43.2 Å². The van der Waals surface area contributed by atoms with Crippen LogP contribution in [0, 0.1) is 11.8 Å². The molecule has 0 spiro atoms. The molecular weight excluding hydrogens is 458 g/mol. The zero-order valence-electron chi connectivity index (χ0n) is 19.0. The van der Waals surface area contributed by atoms with E-state index in [-0.39, 0.29) is 41.0 Å². The summed E-state index contributed by atoms with van der Waals surface area (Å²) in [5.74, 6) is 0.337. The van der Waals surface area contributed by atoms with E-state index in [0.717, 1.165) is 50.6 Å². The second kappa shape index (κ2) is 11.0. The number of hydrogen-bond acceptors (Lipinski definition) is 4. The van der Waals surface area contributed by atoms with Gasteiger partial charge in [-0.2, -0.15) is 0 Å². The molecule has 1 aliphatic carbocycles. The van der Waals surface area contributed by atoms with Crippen molar-refractivity contribution >= 4 is 41.2 Å². The third kappa shape index (κ3) is 5.57. The van der Waals surface area contributed by atoms with Gasteiger partial charge in [-0.15, -0.1) is 11.8 Å². The minimum atomic E-state index is -0.289. The number of carbonyl (C=O) groups is 3. The number of thioether (sulfide) groups is 1. The number of unbranched alkanes of at least 4 members (excludes halogenated alkanes) is 1. The number of carbonyl (C=O) groups excluding carboxylic acids is 3. The van der Waals surface area contributed by atoms with E-state index >= 15 is 0 Å². The van der Waals surface area contributed by atoms with Crippen molar-refractivity contribution in [2.75, 3.05) is 13.1 Å². The number of hydrogen-bond donors (Lipinski definition) is 1. The Morgan fingerprint density at radius 1 is 1.21 bits per heavy atom. The first kappa shape index (κ1) is 24.1. The number of fused-ring (bicyclic) bond motifs is 1. The summed E-state index contributed by atoms with van der Waals surface area (Å²) < 4.78 is 0. The fourth-order valence-electron chi connectivity index (χ4n) is 4.97. The third-order valence-corrected chi connectivity index (χ3v) is 8.21. The molecule has 2 unspecified atom stereocenters. The normalized spacial score (nSPS) is 27.1. The molecule has 1 saturated heterocycles. The molecule has 33 heavy (non-hydrogen) atoms. The van der Waals surface area contributed by atoms with Crippen LogP contribution in [-0.4, -0.2) is 52.0 Å². The van der Waals surface area contributed by atoms with Gasteiger partial charge in [0.1, 0.15) is 5.25 Å². The second-order valence-corrected chi connectivity index (χ2v) is 10.7. The Labute approximate surface area is 205 Å². The molecule has 1 aromatic carbocycles. The molecular formula is C25H32ClN3O3S. The quantitative estimate of drug-likeness (QED) is 0.531. The molecule has 2 fully saturated rings. The largest absolute Gasteiger partial charge is 0.356 e. The molecule has 4 amide bonds. The highest BCUT2D eigenvalue weighted by molar-refractivity contribution is 8.03. The average molecular weight is 490 g/mol. The number of urea groups is 1. The first-order chi connectivity index (χ1) is 16.0. The van der Waals surface area contributed by atoms with Gasteiger partial charge in [-0.05, 0) is 61.1 Å². The van der Waals surface area contributed by atoms with Crippen LogP contribution in [0.15, 0.2) is 35.7 Å². The first-order valence-electron chi connectivity index (χ1n) is 11.9. The van der Waals surface area contributed by atoms with Crippen molar-refractivity contribution < 1.29 is 14.4 Å². The molecule has 3 aliphatic rings. The molecule has 4 rings (SSSR count). The highest BCUT2D eigenvalue weighted by Crippen LogP contribution is 2.37. The van der Waals surface area contributed by atoms with Gasteiger partial charge >= 0.3 is 6.03 Å². The molecule has 0 aromatic heterocycles. The summed E-state index contributed by atoms with van der Waals surface area (Å²) in [7, 11) is 0. The van der Waals surface area contributed by atoms with Crippen molar-refractivity contribution in [2.45, 2.75) is 63.3 Å². The Morgan fingerprint density at radius 2 is 2.00 bits per heavy atom. The molecule has 1 saturated carbocycles. The molecule has 0 radical (unpaired) electrons. The van der Waals surface area contributed by atoms with Crippen molar-refractivity contribution in [1.29, 1.82) is 0 Å². The Kier molecular flexibility index (Phi) is 8.02. The Morgan fingerprint density at radius 3 is 2.73 bits per heavy atom. The molecule has 1 N–H and O–H groups in total. The lowest BCUT2D eigenvalue weighted by Crippen LogP contribution is -2.62. The Hall–Kier alpha value is -1.99. The summed E-state index contributed by atoms with van der Waals surface area (Å²) in [5.41, 5.74) is 0.948. The summed E-state index contributed by atoms with van der Waals surface area (Å²) in [6.07, 6.45) is 7.36. The van der Waals surface area contributed by atoms with Crippen molar-refractivity contribution in [3.05, 3.63) is 46.3 Å². The van der Waals surface area contributed by atoms with Crippen LogP contribution in [0.25, 0.3) is 0 Å². The molecule has 2 heterocycles. The van der Waals surface area contributed by atoms with E-state index in [0.29, 0.717) is 18.1 Å². The van der Waals surface area contributed by atoms with Crippen LogP contribution in [0.3, 0.4) is 0 Å². The SMILES string of the molecule is CCCCNC(=O)C1CCC(CN2C(=O)C3SC=CC3N(Cc3cccc(Cl)c3)C2=O)CC1. The molecule has 6 nitrogen and oxygen atoms in total. The number of benzene rings is 1. The van der Waals surface area contributed by atoms with E-state index < -0.39 is 0 Å². The zero-order chi connectivity index (χ0) is 23.4. The summed E-state index contributed by atoms with van der Waals surface area (Å²) in [6.45, 7) is 3.69. The lowest BCUT2D eigenvalue weighted by molar-refractivity contribution is -0.132. The van der Waals surface area contributed by atoms with E-state index in [1.54, 1.807) is 4.90 Å². The summed E-state index contributed by atoms with van der Waals surface area (Å²) in [5, 5.41) is 5.31. The van der Waals surface area contributed by atoms with Crippen molar-refractivity contribution in [3.63, 3.8) is 0 Å². The number of halogens is 1. The predicted molar refractivity (Wildman–Crippen MR) is 132 cm³/mol. The predicted octanol–water partition coefficient (Wildman–Crippen LogP) is 4.82. The molecule has 2 aliphatic heterocycles. The van der Waals surface area contributed by atoms with Gasteiger partial charge < -0.3 is 10.2 Å². The van der Waals surface area contributed by atoms with Crippen LogP contribution in [-0.2, 0) is 16.1 Å². The van der Waals surface area contributed by atoms with E-state index in [1.807, 2.05) is 35.7 Å². The first-order valence-corrected chi connectivity index (χ1v) is 13.3. The third-order valence-electron chi connectivity index (χ3n) is 6.89. The zero-order valence-corrected chi connectivity index (χ0v) is 20.6. The second-order valence-electron chi connectivity index (χ2n) is 9.23. The monoisotopic (exact) mass is 489 g/mol. The molecule has 1 aromatic rings. The Balaban J connectivity index is 1.39. The van der Waals surface area contributed by atoms with Gasteiger partial charge in [-0.3, -0.25) is 14.5 Å². The smallest absolute Gasteiger partial charge is 0.327 e. The number of nitrogens with one attached hydrogen (secondary N) is 1. The van der Waals surface area contributed by atoms with Gasteiger partial charge in [0.25, 0.3) is 0 Å². The Bertz CT molecular complexity index is 916. The highest BCUT2D eigenvalue weighted by atomic mass is 35.5. The number of nitrogens with zero attached hydrogens (tertiary/aromatic N) is 2. The van der Waals surface area contributed by atoms with Gasteiger partial charge in [0, 0.05) is 30.6 Å². The van der Waals surface area contributed by atoms with Crippen molar-refractivity contribution in [1.82, 2.24) is 15.1 Å². The maximum absolute atomic E-state index is 13.5. The average Bonchev–Trinajstić information content (AvgIpc) is 3.30. The molecule has 8 heteroatoms. The summed E-state index contributed by atoms with van der Waals surface area (Å²) >= 11 is 7.63. The van der Waals surface area contributed by atoms with Crippen molar-refractivity contribution in [2.24, 2.45) is 11.8 Å². The minimum Gasteiger partial charge on any atom is -0.356 e. The maximum atomic E-state index is 13.5.